The Morgan fingerprint density at radius 3 is 2.10 bits per heavy atom. The number of aromatic nitrogens is 4. The van der Waals surface area contributed by atoms with Crippen LogP contribution in [0, 0.1) is 0 Å². The fraction of sp³-hybridized carbons (Fsp3) is 0.833. The molecule has 58 valence electrons. The van der Waals surface area contributed by atoms with Crippen molar-refractivity contribution in [2.75, 3.05) is 0 Å². The summed E-state index contributed by atoms with van der Waals surface area (Å²) < 4.78 is 0. The largest absolute Gasteiger partial charge is 0.162 e. The van der Waals surface area contributed by atoms with E-state index in [0.29, 0.717) is 6.04 Å². The molecule has 0 aliphatic rings. The lowest BCUT2D eigenvalue weighted by Crippen LogP contribution is -2.04. The van der Waals surface area contributed by atoms with Gasteiger partial charge in [0, 0.05) is 0 Å². The molecule has 0 aromatic carbocycles. The zero-order valence-corrected chi connectivity index (χ0v) is 6.94. The number of hydrogen-bond acceptors (Lipinski definition) is 3. The molecule has 0 amide bonds. The predicted molar refractivity (Wildman–Crippen MR) is 39.6 cm³/mol. The van der Waals surface area contributed by atoms with Gasteiger partial charge in [-0.15, -0.1) is 10.2 Å². The van der Waals surface area contributed by atoms with Gasteiger partial charge in [-0.1, -0.05) is 13.8 Å². The second-order valence-corrected chi connectivity index (χ2v) is 1.85. The number of tetrazole rings is 1. The van der Waals surface area contributed by atoms with Crippen LogP contribution < -0.4 is 0 Å². The molecule has 1 heterocycles. The van der Waals surface area contributed by atoms with E-state index in [1.54, 1.807) is 4.80 Å². The number of rotatable bonds is 1. The highest BCUT2D eigenvalue weighted by Crippen LogP contribution is 1.93. The van der Waals surface area contributed by atoms with Crippen molar-refractivity contribution in [3.05, 3.63) is 6.33 Å². The molecule has 0 unspecified atom stereocenters. The Kier molecular flexibility index (Phi) is 4.45. The molecule has 4 nitrogen and oxygen atoms in total. The molecule has 0 bridgehead atoms. The zero-order chi connectivity index (χ0) is 7.98. The average Bonchev–Trinajstić information content (AvgIpc) is 2.42. The molecule has 0 radical (unpaired) electrons. The zero-order valence-electron chi connectivity index (χ0n) is 6.94. The molecule has 1 aromatic rings. The first-order chi connectivity index (χ1) is 4.80. The molecule has 10 heavy (non-hydrogen) atoms. The van der Waals surface area contributed by atoms with Crippen molar-refractivity contribution in [3.8, 4) is 0 Å². The van der Waals surface area contributed by atoms with Crippen LogP contribution in [-0.2, 0) is 0 Å². The van der Waals surface area contributed by atoms with E-state index in [0.717, 1.165) is 0 Å². The highest BCUT2D eigenvalue weighted by Gasteiger charge is 1.94. The molecule has 0 fully saturated rings. The van der Waals surface area contributed by atoms with Gasteiger partial charge >= 0.3 is 0 Å². The van der Waals surface area contributed by atoms with E-state index in [2.05, 4.69) is 15.4 Å². The third kappa shape index (κ3) is 2.57. The van der Waals surface area contributed by atoms with Crippen molar-refractivity contribution in [2.24, 2.45) is 0 Å². The van der Waals surface area contributed by atoms with Gasteiger partial charge < -0.3 is 0 Å². The van der Waals surface area contributed by atoms with E-state index in [1.165, 1.54) is 6.33 Å². The third-order valence-electron chi connectivity index (χ3n) is 0.827. The van der Waals surface area contributed by atoms with Gasteiger partial charge in [-0.3, -0.25) is 0 Å². The molecule has 0 saturated heterocycles. The van der Waals surface area contributed by atoms with Crippen molar-refractivity contribution in [3.63, 3.8) is 0 Å². The second kappa shape index (κ2) is 4.90. The van der Waals surface area contributed by atoms with Gasteiger partial charge in [-0.25, -0.2) is 0 Å². The van der Waals surface area contributed by atoms with E-state index in [1.807, 2.05) is 27.7 Å². The normalized spacial score (nSPS) is 8.90. The van der Waals surface area contributed by atoms with Crippen LogP contribution in [-0.4, -0.2) is 20.2 Å². The van der Waals surface area contributed by atoms with Gasteiger partial charge in [0.2, 0.25) is 0 Å². The molecular weight excluding hydrogens is 128 g/mol. The molecule has 0 spiro atoms. The number of nitrogens with zero attached hydrogens (tertiary/aromatic N) is 4. The Morgan fingerprint density at radius 1 is 1.30 bits per heavy atom. The standard InChI is InChI=1S/C4H8N4.C2H6/c1-4(2)8-6-3-5-7-8;1-2/h3-4H,1-2H3;1-2H3. The third-order valence-corrected chi connectivity index (χ3v) is 0.827. The molecule has 1 aromatic heterocycles. The van der Waals surface area contributed by atoms with Crippen LogP contribution in [0.5, 0.6) is 0 Å². The monoisotopic (exact) mass is 142 g/mol. The van der Waals surface area contributed by atoms with Crippen molar-refractivity contribution in [2.45, 2.75) is 33.7 Å². The summed E-state index contributed by atoms with van der Waals surface area (Å²) in [5.41, 5.74) is 0. The topological polar surface area (TPSA) is 43.6 Å². The molecule has 4 heteroatoms. The minimum Gasteiger partial charge on any atom is -0.162 e. The summed E-state index contributed by atoms with van der Waals surface area (Å²) >= 11 is 0. The summed E-state index contributed by atoms with van der Waals surface area (Å²) in [6.07, 6.45) is 1.43. The highest BCUT2D eigenvalue weighted by atomic mass is 15.6. The van der Waals surface area contributed by atoms with Crippen LogP contribution in [0.4, 0.5) is 0 Å². The summed E-state index contributed by atoms with van der Waals surface area (Å²) in [6.45, 7) is 8.00. The Morgan fingerprint density at radius 2 is 1.90 bits per heavy atom. The molecule has 0 aliphatic carbocycles. The lowest BCUT2D eigenvalue weighted by Gasteiger charge is -1.97. The quantitative estimate of drug-likeness (QED) is 0.593. The van der Waals surface area contributed by atoms with Crippen molar-refractivity contribution >= 4 is 0 Å². The SMILES string of the molecule is CC.CC(C)n1ncnn1. The molecule has 0 atom stereocenters. The summed E-state index contributed by atoms with van der Waals surface area (Å²) in [5.74, 6) is 0. The van der Waals surface area contributed by atoms with Crippen molar-refractivity contribution < 1.29 is 0 Å². The van der Waals surface area contributed by atoms with E-state index >= 15 is 0 Å². The van der Waals surface area contributed by atoms with E-state index in [-0.39, 0.29) is 0 Å². The molecule has 1 rings (SSSR count). The minimum atomic E-state index is 0.317. The fourth-order valence-electron chi connectivity index (χ4n) is 0.412. The first-order valence-corrected chi connectivity index (χ1v) is 3.53. The summed E-state index contributed by atoms with van der Waals surface area (Å²) in [5, 5.41) is 11.0. The number of hydrogen-bond donors (Lipinski definition) is 0. The van der Waals surface area contributed by atoms with Gasteiger partial charge in [-0.2, -0.15) is 4.80 Å². The molecule has 0 aliphatic heterocycles. The molecular formula is C6H14N4. The maximum Gasteiger partial charge on any atom is 0.162 e. The lowest BCUT2D eigenvalue weighted by molar-refractivity contribution is 0.455. The van der Waals surface area contributed by atoms with Gasteiger partial charge in [0.05, 0.1) is 6.04 Å². The second-order valence-electron chi connectivity index (χ2n) is 1.85. The van der Waals surface area contributed by atoms with E-state index < -0.39 is 0 Å². The first-order valence-electron chi connectivity index (χ1n) is 3.53. The van der Waals surface area contributed by atoms with Crippen LogP contribution in [0.3, 0.4) is 0 Å². The summed E-state index contributed by atoms with van der Waals surface area (Å²) in [4.78, 5) is 1.56. The average molecular weight is 142 g/mol. The lowest BCUT2D eigenvalue weighted by atomic mass is 10.4. The molecule has 0 N–H and O–H groups in total. The van der Waals surface area contributed by atoms with Gasteiger partial charge in [-0.05, 0) is 19.1 Å². The highest BCUT2D eigenvalue weighted by molar-refractivity contribution is 4.45. The van der Waals surface area contributed by atoms with Crippen LogP contribution in [0.25, 0.3) is 0 Å². The Balaban J connectivity index is 0.000000371. The van der Waals surface area contributed by atoms with Crippen LogP contribution >= 0.6 is 0 Å². The Hall–Kier alpha value is -0.930. The van der Waals surface area contributed by atoms with Gasteiger partial charge in [0.25, 0.3) is 0 Å². The van der Waals surface area contributed by atoms with Gasteiger partial charge in [0.1, 0.15) is 0 Å². The van der Waals surface area contributed by atoms with Crippen molar-refractivity contribution in [1.29, 1.82) is 0 Å². The molecule has 0 saturated carbocycles. The van der Waals surface area contributed by atoms with Crippen LogP contribution in [0.1, 0.15) is 33.7 Å². The smallest absolute Gasteiger partial charge is 0.162 e. The summed E-state index contributed by atoms with van der Waals surface area (Å²) in [6, 6.07) is 0.317. The maximum absolute atomic E-state index is 3.81. The van der Waals surface area contributed by atoms with Crippen molar-refractivity contribution in [1.82, 2.24) is 20.2 Å². The van der Waals surface area contributed by atoms with Gasteiger partial charge in [0.15, 0.2) is 6.33 Å². The Bertz CT molecular complexity index is 145. The predicted octanol–water partition coefficient (Wildman–Crippen LogP) is 1.28. The van der Waals surface area contributed by atoms with E-state index in [9.17, 15) is 0 Å². The summed E-state index contributed by atoms with van der Waals surface area (Å²) in [7, 11) is 0. The Labute approximate surface area is 61.2 Å². The van der Waals surface area contributed by atoms with E-state index in [4.69, 9.17) is 0 Å². The maximum atomic E-state index is 3.81. The van der Waals surface area contributed by atoms with Crippen LogP contribution in [0.15, 0.2) is 6.33 Å². The minimum absolute atomic E-state index is 0.317. The fourth-order valence-corrected chi connectivity index (χ4v) is 0.412. The first kappa shape index (κ1) is 9.07. The van der Waals surface area contributed by atoms with Crippen LogP contribution in [0.2, 0.25) is 0 Å².